The fourth-order valence-electron chi connectivity index (χ4n) is 3.28. The summed E-state index contributed by atoms with van der Waals surface area (Å²) in [6.07, 6.45) is 0. The Morgan fingerprint density at radius 1 is 0.630 bits per heavy atom. The standard InChI is InChI=1S/C21H20O6/c1-12-13(2)21(27-24)19(14(3)20(12)26-23)17-11-16(9-10-18(17)25-22)15-7-5-4-6-8-15/h4-11,22-24H,1-3H3. The highest BCUT2D eigenvalue weighted by Crippen LogP contribution is 2.47. The zero-order valence-electron chi connectivity index (χ0n) is 15.2. The topological polar surface area (TPSA) is 88.4 Å². The molecule has 6 heteroatoms. The van der Waals surface area contributed by atoms with Gasteiger partial charge in [-0.1, -0.05) is 36.4 Å². The van der Waals surface area contributed by atoms with Crippen LogP contribution in [-0.4, -0.2) is 15.8 Å². The van der Waals surface area contributed by atoms with Crippen molar-refractivity contribution in [1.82, 2.24) is 0 Å². The van der Waals surface area contributed by atoms with Gasteiger partial charge in [0.25, 0.3) is 0 Å². The highest BCUT2D eigenvalue weighted by atomic mass is 17.1. The second kappa shape index (κ2) is 7.67. The van der Waals surface area contributed by atoms with Crippen LogP contribution in [0.5, 0.6) is 17.2 Å². The van der Waals surface area contributed by atoms with E-state index in [4.69, 9.17) is 0 Å². The van der Waals surface area contributed by atoms with Crippen molar-refractivity contribution in [3.8, 4) is 39.5 Å². The van der Waals surface area contributed by atoms with Gasteiger partial charge in [0.1, 0.15) is 0 Å². The quantitative estimate of drug-likeness (QED) is 0.407. The highest BCUT2D eigenvalue weighted by molar-refractivity contribution is 5.85. The van der Waals surface area contributed by atoms with Crippen LogP contribution in [0.3, 0.4) is 0 Å². The van der Waals surface area contributed by atoms with Crippen molar-refractivity contribution in [2.45, 2.75) is 20.8 Å². The molecule has 140 valence electrons. The van der Waals surface area contributed by atoms with E-state index < -0.39 is 0 Å². The van der Waals surface area contributed by atoms with Gasteiger partial charge >= 0.3 is 0 Å². The lowest BCUT2D eigenvalue weighted by Crippen LogP contribution is -2.03. The summed E-state index contributed by atoms with van der Waals surface area (Å²) < 4.78 is 0. The van der Waals surface area contributed by atoms with E-state index in [1.165, 1.54) is 0 Å². The van der Waals surface area contributed by atoms with Gasteiger partial charge in [0.15, 0.2) is 17.2 Å². The Morgan fingerprint density at radius 2 is 1.26 bits per heavy atom. The van der Waals surface area contributed by atoms with Crippen LogP contribution in [0.15, 0.2) is 48.5 Å². The van der Waals surface area contributed by atoms with Gasteiger partial charge in [-0.25, -0.2) is 15.8 Å². The molecule has 0 saturated heterocycles. The van der Waals surface area contributed by atoms with Crippen molar-refractivity contribution in [2.24, 2.45) is 0 Å². The molecule has 0 aromatic heterocycles. The van der Waals surface area contributed by atoms with Gasteiger partial charge in [0, 0.05) is 27.8 Å². The SMILES string of the molecule is Cc1c(C)c(OO)c(-c2cc(-c3ccccc3)ccc2OO)c(C)c1OO. The van der Waals surface area contributed by atoms with Crippen LogP contribution >= 0.6 is 0 Å². The van der Waals surface area contributed by atoms with E-state index in [2.05, 4.69) is 14.7 Å². The fourth-order valence-corrected chi connectivity index (χ4v) is 3.28. The molecule has 0 amide bonds. The maximum Gasteiger partial charge on any atom is 0.176 e. The van der Waals surface area contributed by atoms with Crippen molar-refractivity contribution in [2.75, 3.05) is 0 Å². The lowest BCUT2D eigenvalue weighted by molar-refractivity contribution is -0.142. The molecule has 27 heavy (non-hydrogen) atoms. The summed E-state index contributed by atoms with van der Waals surface area (Å²) in [6, 6.07) is 14.9. The fraction of sp³-hybridized carbons (Fsp3) is 0.143. The third-order valence-corrected chi connectivity index (χ3v) is 4.82. The summed E-state index contributed by atoms with van der Waals surface area (Å²) in [5, 5.41) is 28.2. The van der Waals surface area contributed by atoms with Gasteiger partial charge in [0.05, 0.1) is 0 Å². The predicted octanol–water partition coefficient (Wildman–Crippen LogP) is 5.50. The smallest absolute Gasteiger partial charge is 0.176 e. The predicted molar refractivity (Wildman–Crippen MR) is 101 cm³/mol. The first-order valence-corrected chi connectivity index (χ1v) is 8.31. The lowest BCUT2D eigenvalue weighted by atomic mass is 9.90. The van der Waals surface area contributed by atoms with Gasteiger partial charge in [-0.2, -0.15) is 0 Å². The number of hydrogen-bond donors (Lipinski definition) is 3. The molecule has 3 aromatic carbocycles. The summed E-state index contributed by atoms with van der Waals surface area (Å²) in [7, 11) is 0. The maximum atomic E-state index is 9.52. The largest absolute Gasteiger partial charge is 0.340 e. The Kier molecular flexibility index (Phi) is 5.32. The van der Waals surface area contributed by atoms with Crippen molar-refractivity contribution in [3.05, 3.63) is 65.2 Å². The molecule has 0 radical (unpaired) electrons. The lowest BCUT2D eigenvalue weighted by Gasteiger charge is -2.19. The third-order valence-electron chi connectivity index (χ3n) is 4.82. The zero-order valence-corrected chi connectivity index (χ0v) is 15.2. The third kappa shape index (κ3) is 3.21. The number of rotatable bonds is 5. The second-order valence-electron chi connectivity index (χ2n) is 6.26. The van der Waals surface area contributed by atoms with Gasteiger partial charge in [-0.05, 0) is 44.0 Å². The van der Waals surface area contributed by atoms with Crippen LogP contribution in [0.4, 0.5) is 0 Å². The summed E-state index contributed by atoms with van der Waals surface area (Å²) in [5.41, 5.74) is 4.47. The Balaban J connectivity index is 2.35. The van der Waals surface area contributed by atoms with Gasteiger partial charge in [-0.15, -0.1) is 0 Å². The van der Waals surface area contributed by atoms with Crippen molar-refractivity contribution >= 4 is 0 Å². The minimum absolute atomic E-state index is 0.170. The average molecular weight is 368 g/mol. The normalized spacial score (nSPS) is 10.6. The molecule has 0 fully saturated rings. The molecule has 0 saturated carbocycles. The molecular formula is C21H20O6. The molecular weight excluding hydrogens is 348 g/mol. The minimum Gasteiger partial charge on any atom is -0.340 e. The second-order valence-corrected chi connectivity index (χ2v) is 6.26. The molecule has 6 nitrogen and oxygen atoms in total. The molecule has 3 rings (SSSR count). The van der Waals surface area contributed by atoms with Crippen molar-refractivity contribution in [3.63, 3.8) is 0 Å². The van der Waals surface area contributed by atoms with Crippen LogP contribution in [0.25, 0.3) is 22.3 Å². The first kappa shape index (κ1) is 18.7. The molecule has 0 aliphatic rings. The first-order chi connectivity index (χ1) is 13.0. The van der Waals surface area contributed by atoms with Gasteiger partial charge in [0.2, 0.25) is 0 Å². The summed E-state index contributed by atoms with van der Waals surface area (Å²) in [4.78, 5) is 13.8. The van der Waals surface area contributed by atoms with E-state index in [9.17, 15) is 15.8 Å². The Bertz CT molecular complexity index is 966. The number of benzene rings is 3. The van der Waals surface area contributed by atoms with E-state index in [1.54, 1.807) is 26.8 Å². The zero-order chi connectivity index (χ0) is 19.6. The van der Waals surface area contributed by atoms with E-state index in [1.807, 2.05) is 42.5 Å². The summed E-state index contributed by atoms with van der Waals surface area (Å²) in [5.74, 6) is 0.606. The highest BCUT2D eigenvalue weighted by Gasteiger charge is 2.24. The van der Waals surface area contributed by atoms with E-state index in [0.29, 0.717) is 27.8 Å². The molecule has 0 bridgehead atoms. The van der Waals surface area contributed by atoms with Crippen LogP contribution in [-0.2, 0) is 0 Å². The van der Waals surface area contributed by atoms with Crippen LogP contribution in [0.1, 0.15) is 16.7 Å². The van der Waals surface area contributed by atoms with E-state index >= 15 is 0 Å². The van der Waals surface area contributed by atoms with Crippen LogP contribution in [0, 0.1) is 20.8 Å². The molecule has 0 aliphatic carbocycles. The Morgan fingerprint density at radius 3 is 1.85 bits per heavy atom. The van der Waals surface area contributed by atoms with Gasteiger partial charge in [-0.3, -0.25) is 0 Å². The minimum atomic E-state index is 0.170. The molecule has 0 aliphatic heterocycles. The van der Waals surface area contributed by atoms with Crippen molar-refractivity contribution < 1.29 is 30.4 Å². The first-order valence-electron chi connectivity index (χ1n) is 8.31. The molecule has 3 aromatic rings. The van der Waals surface area contributed by atoms with Crippen molar-refractivity contribution in [1.29, 1.82) is 0 Å². The molecule has 0 heterocycles. The van der Waals surface area contributed by atoms with E-state index in [-0.39, 0.29) is 17.2 Å². The van der Waals surface area contributed by atoms with E-state index in [0.717, 1.165) is 11.1 Å². The summed E-state index contributed by atoms with van der Waals surface area (Å²) in [6.45, 7) is 5.18. The molecule has 0 unspecified atom stereocenters. The average Bonchev–Trinajstić information content (AvgIpc) is 2.71. The van der Waals surface area contributed by atoms with Crippen LogP contribution in [0.2, 0.25) is 0 Å². The summed E-state index contributed by atoms with van der Waals surface area (Å²) >= 11 is 0. The van der Waals surface area contributed by atoms with Gasteiger partial charge < -0.3 is 14.7 Å². The monoisotopic (exact) mass is 368 g/mol. The molecule has 0 spiro atoms. The molecule has 3 N–H and O–H groups in total. The maximum absolute atomic E-state index is 9.52. The molecule has 0 atom stereocenters. The van der Waals surface area contributed by atoms with Crippen LogP contribution < -0.4 is 14.7 Å². The Hall–Kier alpha value is -3.06. The number of hydrogen-bond acceptors (Lipinski definition) is 6. The Labute approximate surface area is 156 Å².